The van der Waals surface area contributed by atoms with Gasteiger partial charge in [0.05, 0.1) is 5.56 Å². The molecule has 1 saturated heterocycles. The number of aryl methyl sites for hydroxylation is 1. The van der Waals surface area contributed by atoms with Crippen molar-refractivity contribution in [3.05, 3.63) is 46.9 Å². The van der Waals surface area contributed by atoms with Crippen LogP contribution in [-0.2, 0) is 0 Å². The minimum absolute atomic E-state index is 0.225. The van der Waals surface area contributed by atoms with Crippen LogP contribution in [0.4, 0.5) is 0 Å². The Morgan fingerprint density at radius 1 is 1.23 bits per heavy atom. The van der Waals surface area contributed by atoms with Crippen LogP contribution in [0.3, 0.4) is 0 Å². The van der Waals surface area contributed by atoms with E-state index in [0.717, 1.165) is 49.5 Å². The molecule has 2 aliphatic rings. The highest BCUT2D eigenvalue weighted by atomic mass is 16.5. The average molecular weight is 408 g/mol. The number of nitrogens with two attached hydrogens (primary N) is 1. The number of carbonyl (C=O) groups is 1. The second-order valence-electron chi connectivity index (χ2n) is 8.95. The van der Waals surface area contributed by atoms with Crippen molar-refractivity contribution in [2.24, 2.45) is 11.7 Å². The summed E-state index contributed by atoms with van der Waals surface area (Å²) in [6.45, 7) is 9.85. The van der Waals surface area contributed by atoms with E-state index in [1.165, 1.54) is 36.0 Å². The molecule has 5 nitrogen and oxygen atoms in total. The number of likely N-dealkylation sites (tertiary alicyclic amines) is 1. The molecular weight excluding hydrogens is 374 g/mol. The van der Waals surface area contributed by atoms with Crippen LogP contribution >= 0.6 is 0 Å². The molecule has 1 aliphatic carbocycles. The number of rotatable bonds is 5. The van der Waals surface area contributed by atoms with Gasteiger partial charge in [-0.3, -0.25) is 4.79 Å². The fourth-order valence-electron chi connectivity index (χ4n) is 4.95. The first-order chi connectivity index (χ1) is 14.5. The Morgan fingerprint density at radius 2 is 2.00 bits per heavy atom. The van der Waals surface area contributed by atoms with Gasteiger partial charge in [0, 0.05) is 0 Å². The SMILES string of the molecule is CCN1CCC(c2ccc(-c3c(C(N)=O)noc3C)c(C3=CCC(C)CC3)c2)CC1. The Kier molecular flexibility index (Phi) is 6.09. The number of amides is 1. The Hall–Kier alpha value is -2.40. The third-order valence-electron chi connectivity index (χ3n) is 6.93. The average Bonchev–Trinajstić information content (AvgIpc) is 3.15. The van der Waals surface area contributed by atoms with E-state index >= 15 is 0 Å². The summed E-state index contributed by atoms with van der Waals surface area (Å²) in [6.07, 6.45) is 8.11. The molecular formula is C25H33N3O2. The summed E-state index contributed by atoms with van der Waals surface area (Å²) in [5.74, 6) is 1.40. The van der Waals surface area contributed by atoms with Crippen LogP contribution in [0.2, 0.25) is 0 Å². The number of nitrogens with zero attached hydrogens (tertiary/aromatic N) is 2. The predicted octanol–water partition coefficient (Wildman–Crippen LogP) is 5.15. The summed E-state index contributed by atoms with van der Waals surface area (Å²) in [7, 11) is 0. The van der Waals surface area contributed by atoms with E-state index in [0.29, 0.717) is 11.7 Å². The van der Waals surface area contributed by atoms with Crippen molar-refractivity contribution in [3.63, 3.8) is 0 Å². The molecule has 2 heterocycles. The van der Waals surface area contributed by atoms with Gasteiger partial charge in [-0.15, -0.1) is 0 Å². The number of aromatic nitrogens is 1. The molecule has 2 aromatic rings. The normalized spacial score (nSPS) is 20.9. The number of allylic oxidation sites excluding steroid dienone is 2. The Bertz CT molecular complexity index is 951. The minimum atomic E-state index is -0.546. The van der Waals surface area contributed by atoms with Crippen LogP contribution in [-0.4, -0.2) is 35.6 Å². The summed E-state index contributed by atoms with van der Waals surface area (Å²) >= 11 is 0. The maximum Gasteiger partial charge on any atom is 0.271 e. The van der Waals surface area contributed by atoms with Gasteiger partial charge in [-0.2, -0.15) is 0 Å². The zero-order valence-corrected chi connectivity index (χ0v) is 18.4. The molecule has 1 unspecified atom stereocenters. The lowest BCUT2D eigenvalue weighted by molar-refractivity contribution is 0.0992. The van der Waals surface area contributed by atoms with Gasteiger partial charge in [0.15, 0.2) is 5.69 Å². The van der Waals surface area contributed by atoms with Gasteiger partial charge in [-0.1, -0.05) is 43.3 Å². The van der Waals surface area contributed by atoms with Crippen LogP contribution in [0.5, 0.6) is 0 Å². The molecule has 1 atom stereocenters. The fraction of sp³-hybridized carbons (Fsp3) is 0.520. The maximum atomic E-state index is 12.0. The number of piperidine rings is 1. The summed E-state index contributed by atoms with van der Waals surface area (Å²) in [5.41, 5.74) is 11.6. The molecule has 2 N–H and O–H groups in total. The van der Waals surface area contributed by atoms with Crippen molar-refractivity contribution in [3.8, 4) is 11.1 Å². The van der Waals surface area contributed by atoms with Crippen molar-refractivity contribution in [2.75, 3.05) is 19.6 Å². The zero-order chi connectivity index (χ0) is 21.3. The second kappa shape index (κ2) is 8.76. The van der Waals surface area contributed by atoms with Crippen LogP contribution < -0.4 is 5.73 Å². The first kappa shape index (κ1) is 20.9. The van der Waals surface area contributed by atoms with Gasteiger partial charge in [0.25, 0.3) is 5.91 Å². The summed E-state index contributed by atoms with van der Waals surface area (Å²) in [6, 6.07) is 6.75. The number of carbonyl (C=O) groups excluding carboxylic acids is 1. The monoisotopic (exact) mass is 407 g/mol. The van der Waals surface area contributed by atoms with Crippen molar-refractivity contribution < 1.29 is 9.32 Å². The third-order valence-corrected chi connectivity index (χ3v) is 6.93. The van der Waals surface area contributed by atoms with E-state index in [2.05, 4.69) is 48.2 Å². The summed E-state index contributed by atoms with van der Waals surface area (Å²) < 4.78 is 5.37. The lowest BCUT2D eigenvalue weighted by Gasteiger charge is -2.32. The van der Waals surface area contributed by atoms with Crippen molar-refractivity contribution in [2.45, 2.75) is 58.8 Å². The number of hydrogen-bond donors (Lipinski definition) is 1. The molecule has 0 saturated carbocycles. The standard InChI is InChI=1S/C25H33N3O2/c1-4-28-13-11-18(12-14-28)20-9-10-21(23-17(3)30-27-24(23)25(26)29)22(15-20)19-7-5-16(2)6-8-19/h7,9-10,15-16,18H,4-6,8,11-14H2,1-3H3,(H2,26,29). The Morgan fingerprint density at radius 3 is 2.63 bits per heavy atom. The van der Waals surface area contributed by atoms with Crippen LogP contribution in [0.15, 0.2) is 28.8 Å². The molecule has 4 rings (SSSR count). The van der Waals surface area contributed by atoms with Gasteiger partial charge in [-0.25, -0.2) is 0 Å². The Labute approximate surface area is 179 Å². The topological polar surface area (TPSA) is 72.4 Å². The van der Waals surface area contributed by atoms with Gasteiger partial charge in [0.2, 0.25) is 0 Å². The predicted molar refractivity (Wildman–Crippen MR) is 120 cm³/mol. The first-order valence-electron chi connectivity index (χ1n) is 11.3. The molecule has 30 heavy (non-hydrogen) atoms. The quantitative estimate of drug-likeness (QED) is 0.744. The lowest BCUT2D eigenvalue weighted by atomic mass is 9.81. The molecule has 1 aromatic heterocycles. The van der Waals surface area contributed by atoms with Gasteiger partial charge < -0.3 is 15.2 Å². The molecule has 0 radical (unpaired) electrons. The number of primary amides is 1. The van der Waals surface area contributed by atoms with Crippen LogP contribution in [0.1, 0.15) is 79.2 Å². The zero-order valence-electron chi connectivity index (χ0n) is 18.4. The van der Waals surface area contributed by atoms with Crippen molar-refractivity contribution >= 4 is 11.5 Å². The Balaban J connectivity index is 1.77. The molecule has 1 aromatic carbocycles. The van der Waals surface area contributed by atoms with Crippen molar-refractivity contribution in [1.29, 1.82) is 0 Å². The highest BCUT2D eigenvalue weighted by Gasteiger charge is 2.26. The smallest absolute Gasteiger partial charge is 0.271 e. The molecule has 0 spiro atoms. The number of hydrogen-bond acceptors (Lipinski definition) is 4. The molecule has 1 fully saturated rings. The van der Waals surface area contributed by atoms with E-state index in [1.54, 1.807) is 0 Å². The molecule has 160 valence electrons. The maximum absolute atomic E-state index is 12.0. The minimum Gasteiger partial charge on any atom is -0.364 e. The number of benzene rings is 1. The van der Waals surface area contributed by atoms with Gasteiger partial charge in [-0.05, 0) is 92.8 Å². The highest BCUT2D eigenvalue weighted by Crippen LogP contribution is 2.40. The van der Waals surface area contributed by atoms with E-state index in [4.69, 9.17) is 10.3 Å². The molecule has 5 heteroatoms. The summed E-state index contributed by atoms with van der Waals surface area (Å²) in [5, 5.41) is 3.95. The van der Waals surface area contributed by atoms with Crippen LogP contribution in [0.25, 0.3) is 16.7 Å². The lowest BCUT2D eigenvalue weighted by Crippen LogP contribution is -2.32. The molecule has 1 aliphatic heterocycles. The van der Waals surface area contributed by atoms with Crippen LogP contribution in [0, 0.1) is 12.8 Å². The largest absolute Gasteiger partial charge is 0.364 e. The van der Waals surface area contributed by atoms with Gasteiger partial charge >= 0.3 is 0 Å². The van der Waals surface area contributed by atoms with E-state index in [-0.39, 0.29) is 5.69 Å². The molecule has 1 amide bonds. The fourth-order valence-corrected chi connectivity index (χ4v) is 4.95. The van der Waals surface area contributed by atoms with E-state index in [9.17, 15) is 4.79 Å². The third kappa shape index (κ3) is 4.08. The molecule has 0 bridgehead atoms. The summed E-state index contributed by atoms with van der Waals surface area (Å²) in [4.78, 5) is 14.5. The first-order valence-corrected chi connectivity index (χ1v) is 11.3. The van der Waals surface area contributed by atoms with E-state index < -0.39 is 5.91 Å². The van der Waals surface area contributed by atoms with Crippen molar-refractivity contribution in [1.82, 2.24) is 10.1 Å². The van der Waals surface area contributed by atoms with Gasteiger partial charge in [0.1, 0.15) is 5.76 Å². The second-order valence-corrected chi connectivity index (χ2v) is 8.95. The highest BCUT2D eigenvalue weighted by molar-refractivity contribution is 6.00. The van der Waals surface area contributed by atoms with E-state index in [1.807, 2.05) is 6.92 Å².